The quantitative estimate of drug-likeness (QED) is 0.202. The van der Waals surface area contributed by atoms with Crippen LogP contribution in [0.1, 0.15) is 90.0 Å². The van der Waals surface area contributed by atoms with Gasteiger partial charge >= 0.3 is 0 Å². The summed E-state index contributed by atoms with van der Waals surface area (Å²) in [7, 11) is 0. The van der Waals surface area contributed by atoms with Crippen molar-refractivity contribution in [2.45, 2.75) is 72.8 Å². The molecule has 0 aliphatic heterocycles. The molecule has 1 aromatic rings. The normalized spacial score (nSPS) is 14.1. The molecule has 1 aliphatic carbocycles. The Morgan fingerprint density at radius 3 is 2.42 bits per heavy atom. The molecule has 8 nitrogen and oxygen atoms in total. The van der Waals surface area contributed by atoms with Crippen molar-refractivity contribution in [2.75, 3.05) is 26.2 Å². The summed E-state index contributed by atoms with van der Waals surface area (Å²) >= 11 is 6.28. The number of hydrogen-bond donors (Lipinski definition) is 2. The molecule has 3 amide bonds. The fraction of sp³-hybridized carbons (Fsp3) is 0.484. The summed E-state index contributed by atoms with van der Waals surface area (Å²) in [6, 6.07) is -0.556. The monoisotopic (exact) mass is 569 g/mol. The van der Waals surface area contributed by atoms with Crippen LogP contribution in [-0.2, 0) is 14.4 Å². The van der Waals surface area contributed by atoms with Gasteiger partial charge in [0.1, 0.15) is 5.82 Å². The molecule has 0 saturated carbocycles. The second-order valence-electron chi connectivity index (χ2n) is 9.51. The first-order chi connectivity index (χ1) is 19.2. The van der Waals surface area contributed by atoms with Crippen LogP contribution in [-0.4, -0.2) is 63.7 Å². The standard InChI is InChI=1S/C31H44ClN5O3/c1-7-20-37(12-6)31(40)23(9-3)17-16-22(8-2)30(39)35-26(18-19-28(38)36(10-4)11-5)29-33-25-15-13-14-24(32)21-27(25)34-29/h8,13,15-17,21,26H,2,7,9-12,14,18-20H2,1,3-6H3,(H,33,34)(H,35,39)/b22-16+,23-17+. The van der Waals surface area contributed by atoms with Crippen molar-refractivity contribution in [1.82, 2.24) is 25.1 Å². The summed E-state index contributed by atoms with van der Waals surface area (Å²) < 4.78 is 0. The minimum Gasteiger partial charge on any atom is -0.343 e. The van der Waals surface area contributed by atoms with Crippen LogP contribution in [0.4, 0.5) is 0 Å². The van der Waals surface area contributed by atoms with Gasteiger partial charge in [0.2, 0.25) is 11.8 Å². The number of fused-ring (bicyclic) bond motifs is 1. The number of likely N-dealkylation sites (N-methyl/N-ethyl adjacent to an activating group) is 1. The Kier molecular flexibility index (Phi) is 13.7. The van der Waals surface area contributed by atoms with Gasteiger partial charge in [-0.15, -0.1) is 0 Å². The summed E-state index contributed by atoms with van der Waals surface area (Å²) in [4.78, 5) is 50.7. The lowest BCUT2D eigenvalue weighted by molar-refractivity contribution is -0.131. The number of halogens is 1. The second-order valence-corrected chi connectivity index (χ2v) is 9.99. The Bertz CT molecular complexity index is 1170. The third kappa shape index (κ3) is 9.08. The van der Waals surface area contributed by atoms with Crippen molar-refractivity contribution in [3.05, 3.63) is 64.3 Å². The van der Waals surface area contributed by atoms with Crippen molar-refractivity contribution in [1.29, 1.82) is 0 Å². The van der Waals surface area contributed by atoms with Gasteiger partial charge in [0.05, 0.1) is 17.4 Å². The van der Waals surface area contributed by atoms with Crippen LogP contribution >= 0.6 is 11.6 Å². The molecule has 0 bridgehead atoms. The summed E-state index contributed by atoms with van der Waals surface area (Å²) in [6.45, 7) is 16.2. The van der Waals surface area contributed by atoms with Gasteiger partial charge in [-0.25, -0.2) is 4.98 Å². The van der Waals surface area contributed by atoms with Crippen LogP contribution in [0.25, 0.3) is 12.2 Å². The van der Waals surface area contributed by atoms with Gasteiger partial charge < -0.3 is 20.1 Å². The first-order valence-corrected chi connectivity index (χ1v) is 14.6. The lowest BCUT2D eigenvalue weighted by Crippen LogP contribution is -2.34. The van der Waals surface area contributed by atoms with Crippen LogP contribution in [0.15, 0.2) is 47.1 Å². The first kappa shape index (κ1) is 32.8. The Balaban J connectivity index is 2.35. The van der Waals surface area contributed by atoms with Crippen molar-refractivity contribution in [2.24, 2.45) is 0 Å². The number of carbonyl (C=O) groups excluding carboxylic acids is 3. The van der Waals surface area contributed by atoms with Gasteiger partial charge in [-0.05, 0) is 58.3 Å². The number of imidazole rings is 1. The molecular weight excluding hydrogens is 526 g/mol. The van der Waals surface area contributed by atoms with Crippen molar-refractivity contribution < 1.29 is 14.4 Å². The molecular formula is C31H44ClN5O3. The molecule has 40 heavy (non-hydrogen) atoms. The first-order valence-electron chi connectivity index (χ1n) is 14.3. The van der Waals surface area contributed by atoms with E-state index >= 15 is 0 Å². The Hall–Kier alpha value is -3.39. The molecule has 0 saturated heterocycles. The van der Waals surface area contributed by atoms with Gasteiger partial charge in [0, 0.05) is 55.2 Å². The molecule has 0 aromatic carbocycles. The van der Waals surface area contributed by atoms with E-state index in [1.165, 1.54) is 6.08 Å². The van der Waals surface area contributed by atoms with E-state index in [1.807, 2.05) is 52.8 Å². The van der Waals surface area contributed by atoms with Crippen LogP contribution in [0.2, 0.25) is 0 Å². The number of rotatable bonds is 15. The number of aromatic nitrogens is 2. The van der Waals surface area contributed by atoms with Gasteiger partial charge in [0.25, 0.3) is 5.91 Å². The minimum absolute atomic E-state index is 0.0151. The topological polar surface area (TPSA) is 98.4 Å². The van der Waals surface area contributed by atoms with Crippen LogP contribution in [0.3, 0.4) is 0 Å². The molecule has 1 heterocycles. The van der Waals surface area contributed by atoms with E-state index in [0.717, 1.165) is 17.8 Å². The Morgan fingerprint density at radius 2 is 1.82 bits per heavy atom. The van der Waals surface area contributed by atoms with Crippen molar-refractivity contribution in [3.8, 4) is 0 Å². The molecule has 9 heteroatoms. The number of aromatic amines is 1. The number of amides is 3. The lowest BCUT2D eigenvalue weighted by Gasteiger charge is -2.21. The Morgan fingerprint density at radius 1 is 1.12 bits per heavy atom. The highest BCUT2D eigenvalue weighted by atomic mass is 35.5. The maximum atomic E-state index is 13.4. The predicted octanol–water partition coefficient (Wildman–Crippen LogP) is 5.92. The lowest BCUT2D eigenvalue weighted by atomic mass is 10.1. The highest BCUT2D eigenvalue weighted by Crippen LogP contribution is 2.25. The van der Waals surface area contributed by atoms with E-state index < -0.39 is 6.04 Å². The van der Waals surface area contributed by atoms with Gasteiger partial charge in [-0.1, -0.05) is 50.3 Å². The van der Waals surface area contributed by atoms with Crippen LogP contribution in [0.5, 0.6) is 0 Å². The molecule has 2 N–H and O–H groups in total. The molecule has 1 aromatic heterocycles. The zero-order chi connectivity index (χ0) is 29.7. The largest absolute Gasteiger partial charge is 0.343 e. The summed E-state index contributed by atoms with van der Waals surface area (Å²) in [5, 5.41) is 3.70. The van der Waals surface area contributed by atoms with Gasteiger partial charge in [-0.2, -0.15) is 0 Å². The maximum Gasteiger partial charge on any atom is 0.251 e. The van der Waals surface area contributed by atoms with E-state index in [4.69, 9.17) is 16.6 Å². The number of nitrogens with zero attached hydrogens (tertiary/aromatic N) is 3. The highest BCUT2D eigenvalue weighted by Gasteiger charge is 2.23. The van der Waals surface area contributed by atoms with E-state index in [0.29, 0.717) is 67.4 Å². The molecule has 1 atom stereocenters. The van der Waals surface area contributed by atoms with E-state index in [-0.39, 0.29) is 24.1 Å². The number of hydrogen-bond acceptors (Lipinski definition) is 4. The fourth-order valence-corrected chi connectivity index (χ4v) is 4.68. The minimum atomic E-state index is -0.556. The zero-order valence-electron chi connectivity index (χ0n) is 24.6. The summed E-state index contributed by atoms with van der Waals surface area (Å²) in [5.41, 5.74) is 2.41. The van der Waals surface area contributed by atoms with Crippen molar-refractivity contribution >= 4 is 41.5 Å². The van der Waals surface area contributed by atoms with Crippen molar-refractivity contribution in [3.63, 3.8) is 0 Å². The average molecular weight is 570 g/mol. The smallest absolute Gasteiger partial charge is 0.251 e. The zero-order valence-corrected chi connectivity index (χ0v) is 25.3. The van der Waals surface area contributed by atoms with Gasteiger partial charge in [0.15, 0.2) is 0 Å². The van der Waals surface area contributed by atoms with Crippen LogP contribution < -0.4 is 5.32 Å². The summed E-state index contributed by atoms with van der Waals surface area (Å²) in [5.74, 6) is 0.156. The molecule has 2 rings (SSSR count). The van der Waals surface area contributed by atoms with Crippen LogP contribution in [0, 0.1) is 0 Å². The summed E-state index contributed by atoms with van der Waals surface area (Å²) in [6.07, 6.45) is 13.1. The average Bonchev–Trinajstić information content (AvgIpc) is 3.25. The van der Waals surface area contributed by atoms with E-state index in [9.17, 15) is 14.4 Å². The SMILES string of the molecule is C=C/C(=C\C=C(/CC)C(=O)N(CC)CCC)C(=O)NC(CCC(=O)N(CC)CC)c1nc2c([nH]1)C=C(Cl)CC=C2. The Labute approximate surface area is 243 Å². The molecule has 1 aliphatic rings. The third-order valence-electron chi connectivity index (χ3n) is 6.83. The maximum absolute atomic E-state index is 13.4. The highest BCUT2D eigenvalue weighted by molar-refractivity contribution is 6.31. The number of allylic oxidation sites excluding steroid dienone is 4. The van der Waals surface area contributed by atoms with E-state index in [1.54, 1.807) is 22.0 Å². The van der Waals surface area contributed by atoms with Gasteiger partial charge in [-0.3, -0.25) is 14.4 Å². The molecule has 1 unspecified atom stereocenters. The molecule has 218 valence electrons. The second kappa shape index (κ2) is 16.7. The van der Waals surface area contributed by atoms with E-state index in [2.05, 4.69) is 16.9 Å². The predicted molar refractivity (Wildman–Crippen MR) is 163 cm³/mol. The number of H-pyrrole nitrogens is 1. The fourth-order valence-electron chi connectivity index (χ4n) is 4.49. The molecule has 0 radical (unpaired) electrons. The number of nitrogens with one attached hydrogen (secondary N) is 2. The molecule has 0 fully saturated rings. The number of carbonyl (C=O) groups is 3. The molecule has 0 spiro atoms. The third-order valence-corrected chi connectivity index (χ3v) is 7.10.